The molecule has 2 aromatic rings. The first-order chi connectivity index (χ1) is 9.20. The number of rotatable bonds is 5. The van der Waals surface area contributed by atoms with Crippen LogP contribution < -0.4 is 10.6 Å². The Hall–Kier alpha value is -1.87. The van der Waals surface area contributed by atoms with Crippen molar-refractivity contribution in [2.45, 2.75) is 13.5 Å². The van der Waals surface area contributed by atoms with Crippen LogP contribution in [-0.2, 0) is 6.54 Å². The molecule has 2 N–H and O–H groups in total. The third-order valence-electron chi connectivity index (χ3n) is 3.14. The van der Waals surface area contributed by atoms with E-state index in [9.17, 15) is 4.39 Å². The van der Waals surface area contributed by atoms with E-state index in [2.05, 4.69) is 24.0 Å². The van der Waals surface area contributed by atoms with Crippen LogP contribution in [-0.4, -0.2) is 13.1 Å². The van der Waals surface area contributed by atoms with Crippen LogP contribution in [0.15, 0.2) is 48.5 Å². The van der Waals surface area contributed by atoms with Crippen LogP contribution in [0.4, 0.5) is 10.1 Å². The van der Waals surface area contributed by atoms with Gasteiger partial charge in [-0.2, -0.15) is 0 Å². The van der Waals surface area contributed by atoms with Gasteiger partial charge in [0.2, 0.25) is 0 Å². The van der Waals surface area contributed by atoms with Gasteiger partial charge in [0.15, 0.2) is 0 Å². The van der Waals surface area contributed by atoms with Crippen molar-refractivity contribution in [3.63, 3.8) is 0 Å². The van der Waals surface area contributed by atoms with Gasteiger partial charge in [0.1, 0.15) is 5.82 Å². The van der Waals surface area contributed by atoms with E-state index in [1.807, 2.05) is 24.3 Å². The van der Waals surface area contributed by atoms with E-state index in [1.165, 1.54) is 23.4 Å². The smallest absolute Gasteiger partial charge is 0.123 e. The summed E-state index contributed by atoms with van der Waals surface area (Å²) in [4.78, 5) is 2.22. The van der Waals surface area contributed by atoms with Gasteiger partial charge in [0, 0.05) is 25.3 Å². The summed E-state index contributed by atoms with van der Waals surface area (Å²) in [7, 11) is 0. The molecule has 0 unspecified atom stereocenters. The zero-order chi connectivity index (χ0) is 13.7. The van der Waals surface area contributed by atoms with Crippen LogP contribution in [0.5, 0.6) is 0 Å². The highest BCUT2D eigenvalue weighted by molar-refractivity contribution is 5.53. The Morgan fingerprint density at radius 3 is 2.37 bits per heavy atom. The molecule has 0 spiro atoms. The Morgan fingerprint density at radius 2 is 1.74 bits per heavy atom. The zero-order valence-corrected chi connectivity index (χ0v) is 11.1. The molecule has 100 valence electrons. The van der Waals surface area contributed by atoms with Crippen molar-refractivity contribution in [1.82, 2.24) is 0 Å². The molecule has 0 aliphatic rings. The second-order valence-electron chi connectivity index (χ2n) is 4.62. The lowest BCUT2D eigenvalue weighted by Gasteiger charge is -2.26. The summed E-state index contributed by atoms with van der Waals surface area (Å²) in [6.45, 7) is 4.20. The molecule has 19 heavy (non-hydrogen) atoms. The van der Waals surface area contributed by atoms with Crippen LogP contribution >= 0.6 is 0 Å². The number of nitrogens with two attached hydrogens (primary N) is 1. The van der Waals surface area contributed by atoms with E-state index in [1.54, 1.807) is 0 Å². The summed E-state index contributed by atoms with van der Waals surface area (Å²) >= 11 is 0. The number of aryl methyl sites for hydroxylation is 1. The van der Waals surface area contributed by atoms with Gasteiger partial charge < -0.3 is 10.6 Å². The summed E-state index contributed by atoms with van der Waals surface area (Å²) in [5.74, 6) is -0.204. The molecule has 0 aromatic heterocycles. The number of halogens is 1. The van der Waals surface area contributed by atoms with Crippen LogP contribution in [0.2, 0.25) is 0 Å². The average Bonchev–Trinajstić information content (AvgIpc) is 2.41. The Bertz CT molecular complexity index is 523. The zero-order valence-electron chi connectivity index (χ0n) is 11.1. The standard InChI is InChI=1S/C16H19FN2/c1-13-4-2-3-5-16(13)19(11-10-18)12-14-6-8-15(17)9-7-14/h2-9H,10-12,18H2,1H3. The highest BCUT2D eigenvalue weighted by Crippen LogP contribution is 2.21. The minimum atomic E-state index is -0.204. The molecule has 0 saturated heterocycles. The molecule has 0 fully saturated rings. The lowest BCUT2D eigenvalue weighted by Crippen LogP contribution is -2.29. The van der Waals surface area contributed by atoms with Crippen molar-refractivity contribution >= 4 is 5.69 Å². The highest BCUT2D eigenvalue weighted by atomic mass is 19.1. The maximum Gasteiger partial charge on any atom is 0.123 e. The first-order valence-corrected chi connectivity index (χ1v) is 6.46. The van der Waals surface area contributed by atoms with Crippen molar-refractivity contribution in [2.24, 2.45) is 5.73 Å². The Labute approximate surface area is 113 Å². The first-order valence-electron chi connectivity index (χ1n) is 6.46. The number of anilines is 1. The number of hydrogen-bond donors (Lipinski definition) is 1. The topological polar surface area (TPSA) is 29.3 Å². The van der Waals surface area contributed by atoms with Crippen LogP contribution in [0.3, 0.4) is 0 Å². The summed E-state index contributed by atoms with van der Waals surface area (Å²) in [5.41, 5.74) is 9.17. The summed E-state index contributed by atoms with van der Waals surface area (Å²) in [6, 6.07) is 14.8. The van der Waals surface area contributed by atoms with Gasteiger partial charge >= 0.3 is 0 Å². The Morgan fingerprint density at radius 1 is 1.05 bits per heavy atom. The van der Waals surface area contributed by atoms with E-state index >= 15 is 0 Å². The van der Waals surface area contributed by atoms with Gasteiger partial charge in [-0.1, -0.05) is 30.3 Å². The molecule has 0 atom stereocenters. The quantitative estimate of drug-likeness (QED) is 0.893. The van der Waals surface area contributed by atoms with Crippen molar-refractivity contribution in [3.8, 4) is 0 Å². The number of nitrogens with zero attached hydrogens (tertiary/aromatic N) is 1. The molecule has 0 aliphatic carbocycles. The van der Waals surface area contributed by atoms with Crippen molar-refractivity contribution < 1.29 is 4.39 Å². The van der Waals surface area contributed by atoms with E-state index in [0.717, 1.165) is 18.7 Å². The largest absolute Gasteiger partial charge is 0.366 e. The lowest BCUT2D eigenvalue weighted by atomic mass is 10.1. The molecular weight excluding hydrogens is 239 g/mol. The van der Waals surface area contributed by atoms with Gasteiger partial charge in [-0.3, -0.25) is 0 Å². The molecule has 0 saturated carbocycles. The predicted molar refractivity (Wildman–Crippen MR) is 77.7 cm³/mol. The molecule has 0 amide bonds. The third kappa shape index (κ3) is 3.55. The highest BCUT2D eigenvalue weighted by Gasteiger charge is 2.08. The van der Waals surface area contributed by atoms with E-state index in [-0.39, 0.29) is 5.82 Å². The fraction of sp³-hybridized carbons (Fsp3) is 0.250. The molecule has 0 radical (unpaired) electrons. The van der Waals surface area contributed by atoms with Gasteiger partial charge in [-0.15, -0.1) is 0 Å². The Kier molecular flexibility index (Phi) is 4.53. The van der Waals surface area contributed by atoms with Crippen LogP contribution in [0.25, 0.3) is 0 Å². The number of hydrogen-bond acceptors (Lipinski definition) is 2. The fourth-order valence-corrected chi connectivity index (χ4v) is 2.17. The van der Waals surface area contributed by atoms with Gasteiger partial charge in [-0.05, 0) is 36.2 Å². The summed E-state index contributed by atoms with van der Waals surface area (Å²) in [5, 5.41) is 0. The first kappa shape index (κ1) is 13.6. The maximum absolute atomic E-state index is 12.9. The second-order valence-corrected chi connectivity index (χ2v) is 4.62. The SMILES string of the molecule is Cc1ccccc1N(CCN)Cc1ccc(F)cc1. The summed E-state index contributed by atoms with van der Waals surface area (Å²) in [6.07, 6.45) is 0. The molecule has 3 heteroatoms. The normalized spacial score (nSPS) is 10.5. The maximum atomic E-state index is 12.9. The van der Waals surface area contributed by atoms with Crippen molar-refractivity contribution in [1.29, 1.82) is 0 Å². The molecule has 2 aromatic carbocycles. The fourth-order valence-electron chi connectivity index (χ4n) is 2.17. The van der Waals surface area contributed by atoms with Gasteiger partial charge in [-0.25, -0.2) is 4.39 Å². The molecule has 0 heterocycles. The van der Waals surface area contributed by atoms with Gasteiger partial charge in [0.05, 0.1) is 0 Å². The third-order valence-corrected chi connectivity index (χ3v) is 3.14. The van der Waals surface area contributed by atoms with Crippen LogP contribution in [0.1, 0.15) is 11.1 Å². The molecule has 2 rings (SSSR count). The summed E-state index contributed by atoms with van der Waals surface area (Å²) < 4.78 is 12.9. The predicted octanol–water partition coefficient (Wildman–Crippen LogP) is 3.10. The second kappa shape index (κ2) is 6.34. The van der Waals surface area contributed by atoms with E-state index in [4.69, 9.17) is 5.73 Å². The van der Waals surface area contributed by atoms with Crippen molar-refractivity contribution in [3.05, 3.63) is 65.5 Å². The number of benzene rings is 2. The minimum absolute atomic E-state index is 0.204. The lowest BCUT2D eigenvalue weighted by molar-refractivity contribution is 0.626. The van der Waals surface area contributed by atoms with Crippen LogP contribution in [0, 0.1) is 12.7 Å². The monoisotopic (exact) mass is 258 g/mol. The number of para-hydroxylation sites is 1. The molecule has 2 nitrogen and oxygen atoms in total. The van der Waals surface area contributed by atoms with E-state index < -0.39 is 0 Å². The van der Waals surface area contributed by atoms with Crippen molar-refractivity contribution in [2.75, 3.05) is 18.0 Å². The molecule has 0 bridgehead atoms. The molecule has 0 aliphatic heterocycles. The Balaban J connectivity index is 2.21. The molecular formula is C16H19FN2. The average molecular weight is 258 g/mol. The van der Waals surface area contributed by atoms with E-state index in [0.29, 0.717) is 6.54 Å². The minimum Gasteiger partial charge on any atom is -0.366 e. The van der Waals surface area contributed by atoms with Gasteiger partial charge in [0.25, 0.3) is 0 Å².